The summed E-state index contributed by atoms with van der Waals surface area (Å²) in [6, 6.07) is 31.8. The van der Waals surface area contributed by atoms with Crippen molar-refractivity contribution in [3.63, 3.8) is 0 Å². The van der Waals surface area contributed by atoms with Gasteiger partial charge in [0, 0.05) is 6.42 Å². The Morgan fingerprint density at radius 3 is 2.10 bits per heavy atom. The van der Waals surface area contributed by atoms with Gasteiger partial charge in [0.1, 0.15) is 10.4 Å². The van der Waals surface area contributed by atoms with Gasteiger partial charge in [0.25, 0.3) is 21.8 Å². The number of aryl methyl sites for hydroxylation is 1. The molecule has 0 radical (unpaired) electrons. The van der Waals surface area contributed by atoms with Gasteiger partial charge in [-0.2, -0.15) is 0 Å². The molecule has 9 heteroatoms. The molecule has 1 atom stereocenters. The molecule has 0 saturated carbocycles. The second-order valence-corrected chi connectivity index (χ2v) is 12.9. The Bertz CT molecular complexity index is 1720. The number of thioether (sulfide) groups is 1. The van der Waals surface area contributed by atoms with Crippen LogP contribution in [0.5, 0.6) is 0 Å². The van der Waals surface area contributed by atoms with Gasteiger partial charge in [0.15, 0.2) is 0 Å². The van der Waals surface area contributed by atoms with Gasteiger partial charge in [0.05, 0.1) is 9.80 Å². The molecule has 0 aromatic heterocycles. The molecule has 1 unspecified atom stereocenters. The number of hydrogen-bond donors (Lipinski definition) is 1. The fourth-order valence-electron chi connectivity index (χ4n) is 4.42. The predicted octanol–water partition coefficient (Wildman–Crippen LogP) is 5.98. The Morgan fingerprint density at radius 2 is 1.46 bits per heavy atom. The van der Waals surface area contributed by atoms with E-state index >= 15 is 0 Å². The van der Waals surface area contributed by atoms with Gasteiger partial charge in [-0.15, -0.1) is 0 Å². The molecule has 6 nitrogen and oxygen atoms in total. The topological polar surface area (TPSA) is 83.6 Å². The van der Waals surface area contributed by atoms with E-state index in [1.165, 1.54) is 17.0 Å². The second kappa shape index (κ2) is 12.2. The molecule has 4 aromatic carbocycles. The molecule has 41 heavy (non-hydrogen) atoms. The van der Waals surface area contributed by atoms with Gasteiger partial charge in [0.2, 0.25) is 0 Å². The smallest absolute Gasteiger partial charge is 0.266 e. The van der Waals surface area contributed by atoms with Crippen LogP contribution in [0.15, 0.2) is 119 Å². The first-order valence-corrected chi connectivity index (χ1v) is 15.5. The van der Waals surface area contributed by atoms with Crippen molar-refractivity contribution in [2.75, 3.05) is 0 Å². The van der Waals surface area contributed by atoms with Crippen LogP contribution in [0.3, 0.4) is 0 Å². The lowest BCUT2D eigenvalue weighted by Crippen LogP contribution is -2.51. The molecule has 1 aliphatic heterocycles. The molecule has 1 N–H and O–H groups in total. The van der Waals surface area contributed by atoms with E-state index in [1.807, 2.05) is 91.9 Å². The lowest BCUT2D eigenvalue weighted by molar-refractivity contribution is -0.131. The Morgan fingerprint density at radius 1 is 0.878 bits per heavy atom. The molecule has 1 saturated heterocycles. The summed E-state index contributed by atoms with van der Waals surface area (Å²) in [4.78, 5) is 28.7. The molecule has 206 valence electrons. The minimum Gasteiger partial charge on any atom is -0.280 e. The first-order valence-electron chi connectivity index (χ1n) is 12.8. The van der Waals surface area contributed by atoms with Gasteiger partial charge in [-0.05, 0) is 47.4 Å². The zero-order chi connectivity index (χ0) is 29.0. The number of thiocarbonyl (C=S) groups is 1. The zero-order valence-electron chi connectivity index (χ0n) is 22.1. The highest BCUT2D eigenvalue weighted by Gasteiger charge is 2.41. The third-order valence-corrected chi connectivity index (χ3v) is 9.28. The first-order chi connectivity index (χ1) is 19.7. The lowest BCUT2D eigenvalue weighted by atomic mass is 10.0. The van der Waals surface area contributed by atoms with E-state index in [-0.39, 0.29) is 15.6 Å². The number of sulfonamides is 1. The molecule has 0 bridgehead atoms. The van der Waals surface area contributed by atoms with E-state index in [9.17, 15) is 18.0 Å². The van der Waals surface area contributed by atoms with Crippen molar-refractivity contribution in [3.8, 4) is 11.1 Å². The van der Waals surface area contributed by atoms with Gasteiger partial charge < -0.3 is 0 Å². The van der Waals surface area contributed by atoms with E-state index in [2.05, 4.69) is 4.72 Å². The highest BCUT2D eigenvalue weighted by atomic mass is 32.2. The number of rotatable bonds is 8. The van der Waals surface area contributed by atoms with Gasteiger partial charge in [-0.1, -0.05) is 127 Å². The Balaban J connectivity index is 1.41. The van der Waals surface area contributed by atoms with E-state index in [0.717, 1.165) is 39.6 Å². The maximum absolute atomic E-state index is 13.6. The average molecular weight is 599 g/mol. The third kappa shape index (κ3) is 6.65. The summed E-state index contributed by atoms with van der Waals surface area (Å²) in [7, 11) is -4.17. The molecular formula is C32H26N2O4S3. The quantitative estimate of drug-likeness (QED) is 0.199. The number of carbonyl (C=O) groups is 2. The number of carbonyl (C=O) groups excluding carboxylic acids is 2. The molecule has 1 heterocycles. The summed E-state index contributed by atoms with van der Waals surface area (Å²) in [5, 5.41) is 0. The van der Waals surface area contributed by atoms with Gasteiger partial charge in [-0.3, -0.25) is 14.5 Å². The van der Waals surface area contributed by atoms with Crippen molar-refractivity contribution in [3.05, 3.63) is 131 Å². The van der Waals surface area contributed by atoms with Crippen LogP contribution in [-0.4, -0.2) is 35.5 Å². The summed E-state index contributed by atoms with van der Waals surface area (Å²) in [6.45, 7) is 1.84. The summed E-state index contributed by atoms with van der Waals surface area (Å²) in [6.07, 6.45) is 1.82. The predicted molar refractivity (Wildman–Crippen MR) is 167 cm³/mol. The highest BCUT2D eigenvalue weighted by molar-refractivity contribution is 8.26. The van der Waals surface area contributed by atoms with E-state index < -0.39 is 27.9 Å². The maximum Gasteiger partial charge on any atom is 0.266 e. The van der Waals surface area contributed by atoms with Crippen molar-refractivity contribution in [2.24, 2.45) is 0 Å². The van der Waals surface area contributed by atoms with Crippen molar-refractivity contribution < 1.29 is 18.0 Å². The zero-order valence-corrected chi connectivity index (χ0v) is 24.5. The Labute approximate surface area is 249 Å². The SMILES string of the molecule is Cc1ccc(S(=O)(=O)NC(=O)C(Cc2ccccc2)N2C(=O)/C(=C/c3ccc(-c4ccccc4)cc3)SC2=S)cc1. The summed E-state index contributed by atoms with van der Waals surface area (Å²) in [5.74, 6) is -1.28. The molecular weight excluding hydrogens is 573 g/mol. The first kappa shape index (κ1) is 28.5. The number of nitrogens with zero attached hydrogens (tertiary/aromatic N) is 1. The number of benzene rings is 4. The summed E-state index contributed by atoms with van der Waals surface area (Å²) < 4.78 is 28.4. The number of hydrogen-bond acceptors (Lipinski definition) is 6. The molecule has 0 spiro atoms. The minimum absolute atomic E-state index is 0.0425. The van der Waals surface area contributed by atoms with E-state index in [1.54, 1.807) is 18.2 Å². The van der Waals surface area contributed by atoms with Crippen LogP contribution >= 0.6 is 24.0 Å². The van der Waals surface area contributed by atoms with Crippen LogP contribution in [0.4, 0.5) is 0 Å². The van der Waals surface area contributed by atoms with Crippen LogP contribution in [0, 0.1) is 6.92 Å². The van der Waals surface area contributed by atoms with Crippen molar-refractivity contribution in [1.82, 2.24) is 9.62 Å². The molecule has 4 aromatic rings. The Kier molecular flexibility index (Phi) is 8.49. The van der Waals surface area contributed by atoms with Crippen molar-refractivity contribution in [1.29, 1.82) is 0 Å². The average Bonchev–Trinajstić information content (AvgIpc) is 3.25. The molecule has 5 rings (SSSR count). The van der Waals surface area contributed by atoms with Gasteiger partial charge >= 0.3 is 0 Å². The van der Waals surface area contributed by atoms with E-state index in [4.69, 9.17) is 12.2 Å². The van der Waals surface area contributed by atoms with Crippen LogP contribution in [0.25, 0.3) is 17.2 Å². The fraction of sp³-hybridized carbons (Fsp3) is 0.0938. The summed E-state index contributed by atoms with van der Waals surface area (Å²) in [5.41, 5.74) is 4.58. The van der Waals surface area contributed by atoms with E-state index in [0.29, 0.717) is 4.91 Å². The molecule has 0 aliphatic carbocycles. The number of amides is 2. The van der Waals surface area contributed by atoms with Crippen LogP contribution in [0.2, 0.25) is 0 Å². The maximum atomic E-state index is 13.6. The summed E-state index contributed by atoms with van der Waals surface area (Å²) >= 11 is 6.64. The Hall–Kier alpha value is -4.05. The van der Waals surface area contributed by atoms with Gasteiger partial charge in [-0.25, -0.2) is 13.1 Å². The number of nitrogens with one attached hydrogen (secondary N) is 1. The normalized spacial score (nSPS) is 15.2. The monoisotopic (exact) mass is 598 g/mol. The van der Waals surface area contributed by atoms with Crippen LogP contribution in [-0.2, 0) is 26.0 Å². The van der Waals surface area contributed by atoms with Crippen LogP contribution in [0.1, 0.15) is 16.7 Å². The molecule has 2 amide bonds. The second-order valence-electron chi connectivity index (χ2n) is 9.53. The van der Waals surface area contributed by atoms with Crippen molar-refractivity contribution in [2.45, 2.75) is 24.3 Å². The highest BCUT2D eigenvalue weighted by Crippen LogP contribution is 2.35. The van der Waals surface area contributed by atoms with Crippen molar-refractivity contribution >= 4 is 56.2 Å². The standard InChI is InChI=1S/C32H26N2O4S3/c1-22-12-18-27(19-13-22)41(37,38)33-30(35)28(20-23-8-4-2-5-9-23)34-31(36)29(40-32(34)39)21-24-14-16-26(17-15-24)25-10-6-3-7-11-25/h2-19,21,28H,20H2,1H3,(H,33,35)/b29-21-. The van der Waals surface area contributed by atoms with Crippen LogP contribution < -0.4 is 4.72 Å². The molecule has 1 aliphatic rings. The minimum atomic E-state index is -4.17. The fourth-order valence-corrected chi connectivity index (χ4v) is 6.79. The lowest BCUT2D eigenvalue weighted by Gasteiger charge is -2.26. The largest absolute Gasteiger partial charge is 0.280 e. The molecule has 1 fully saturated rings. The third-order valence-electron chi connectivity index (χ3n) is 6.59.